The Labute approximate surface area is 95.1 Å². The summed E-state index contributed by atoms with van der Waals surface area (Å²) >= 11 is 0. The highest BCUT2D eigenvalue weighted by atomic mass is 16.3. The molecule has 1 aromatic heterocycles. The Hall–Kier alpha value is -1.36. The van der Waals surface area contributed by atoms with Crippen LogP contribution in [0.4, 0.5) is 5.82 Å². The first-order valence-corrected chi connectivity index (χ1v) is 5.32. The Kier molecular flexibility index (Phi) is 3.70. The minimum atomic E-state index is -0.510. The van der Waals surface area contributed by atoms with Crippen LogP contribution < -0.4 is 10.9 Å². The topological polar surface area (TPSA) is 67.2 Å². The molecule has 0 aromatic carbocycles. The number of nitrogens with zero attached hydrogens (tertiary/aromatic N) is 2. The van der Waals surface area contributed by atoms with Crippen molar-refractivity contribution >= 4 is 5.82 Å². The van der Waals surface area contributed by atoms with Gasteiger partial charge >= 0.3 is 0 Å². The van der Waals surface area contributed by atoms with Crippen molar-refractivity contribution in [3.8, 4) is 0 Å². The third kappa shape index (κ3) is 3.06. The molecule has 1 atom stereocenters. The molecule has 0 saturated heterocycles. The van der Waals surface area contributed by atoms with E-state index in [4.69, 9.17) is 5.11 Å². The summed E-state index contributed by atoms with van der Waals surface area (Å²) in [7, 11) is 0. The molecule has 0 aliphatic carbocycles. The maximum atomic E-state index is 12.0. The van der Waals surface area contributed by atoms with Gasteiger partial charge in [0, 0.05) is 24.5 Å². The fourth-order valence-electron chi connectivity index (χ4n) is 1.31. The number of anilines is 1. The van der Waals surface area contributed by atoms with Gasteiger partial charge in [-0.1, -0.05) is 0 Å². The van der Waals surface area contributed by atoms with Crippen LogP contribution in [0, 0.1) is 0 Å². The molecule has 0 aliphatic rings. The number of hydrogen-bond acceptors (Lipinski definition) is 4. The maximum Gasteiger partial charge on any atom is 0.293 e. The molecule has 0 spiro atoms. The van der Waals surface area contributed by atoms with Crippen LogP contribution in [0.5, 0.6) is 0 Å². The molecule has 1 heterocycles. The van der Waals surface area contributed by atoms with E-state index in [2.05, 4.69) is 10.3 Å². The summed E-state index contributed by atoms with van der Waals surface area (Å²) in [6.07, 6.45) is 2.73. The number of aliphatic hydroxyl groups is 1. The molecule has 0 aliphatic heterocycles. The number of aromatic nitrogens is 2. The van der Waals surface area contributed by atoms with Crippen LogP contribution in [0.1, 0.15) is 27.7 Å². The second kappa shape index (κ2) is 4.65. The van der Waals surface area contributed by atoms with Gasteiger partial charge < -0.3 is 15.0 Å². The third-order valence-electron chi connectivity index (χ3n) is 2.13. The SMILES string of the molecule is CC(O)CNc1nccn(C(C)(C)C)c1=O. The van der Waals surface area contributed by atoms with E-state index in [9.17, 15) is 4.79 Å². The van der Waals surface area contributed by atoms with Crippen LogP contribution >= 0.6 is 0 Å². The largest absolute Gasteiger partial charge is 0.392 e. The van der Waals surface area contributed by atoms with Gasteiger partial charge in [-0.3, -0.25) is 4.79 Å². The quantitative estimate of drug-likeness (QED) is 0.798. The highest BCUT2D eigenvalue weighted by molar-refractivity contribution is 5.31. The predicted octanol–water partition coefficient (Wildman–Crippen LogP) is 0.791. The number of hydrogen-bond donors (Lipinski definition) is 2. The Morgan fingerprint density at radius 1 is 1.56 bits per heavy atom. The first-order valence-electron chi connectivity index (χ1n) is 5.32. The standard InChI is InChI=1S/C11H19N3O2/c1-8(15)7-13-9-10(16)14(6-5-12-9)11(2,3)4/h5-6,8,15H,7H2,1-4H3,(H,12,13). The van der Waals surface area contributed by atoms with E-state index in [1.54, 1.807) is 23.9 Å². The molecule has 0 radical (unpaired) electrons. The lowest BCUT2D eigenvalue weighted by molar-refractivity contribution is 0.208. The minimum absolute atomic E-state index is 0.171. The van der Waals surface area contributed by atoms with Crippen molar-refractivity contribution in [3.63, 3.8) is 0 Å². The van der Waals surface area contributed by atoms with E-state index in [0.29, 0.717) is 6.54 Å². The van der Waals surface area contributed by atoms with Gasteiger partial charge in [0.05, 0.1) is 6.10 Å². The molecule has 5 nitrogen and oxygen atoms in total. The van der Waals surface area contributed by atoms with Gasteiger partial charge in [-0.2, -0.15) is 0 Å². The highest BCUT2D eigenvalue weighted by Crippen LogP contribution is 2.10. The van der Waals surface area contributed by atoms with E-state index in [-0.39, 0.29) is 16.9 Å². The molecule has 5 heteroatoms. The Balaban J connectivity index is 3.01. The second-order valence-corrected chi connectivity index (χ2v) is 4.85. The molecule has 0 amide bonds. The van der Waals surface area contributed by atoms with Gasteiger partial charge in [0.1, 0.15) is 0 Å². The predicted molar refractivity (Wildman–Crippen MR) is 63.7 cm³/mol. The Morgan fingerprint density at radius 2 is 2.19 bits per heavy atom. The summed E-state index contributed by atoms with van der Waals surface area (Å²) in [5, 5.41) is 12.0. The first kappa shape index (κ1) is 12.7. The zero-order chi connectivity index (χ0) is 12.3. The molecule has 90 valence electrons. The zero-order valence-corrected chi connectivity index (χ0v) is 10.2. The molecular formula is C11H19N3O2. The van der Waals surface area contributed by atoms with Crippen LogP contribution in [0.15, 0.2) is 17.2 Å². The summed E-state index contributed by atoms with van der Waals surface area (Å²) in [4.78, 5) is 16.0. The van der Waals surface area contributed by atoms with Crippen molar-refractivity contribution in [2.45, 2.75) is 39.3 Å². The summed E-state index contributed by atoms with van der Waals surface area (Å²) in [6, 6.07) is 0. The summed E-state index contributed by atoms with van der Waals surface area (Å²) < 4.78 is 1.62. The van der Waals surface area contributed by atoms with Crippen molar-refractivity contribution in [2.75, 3.05) is 11.9 Å². The smallest absolute Gasteiger partial charge is 0.293 e. The van der Waals surface area contributed by atoms with E-state index in [0.717, 1.165) is 0 Å². The monoisotopic (exact) mass is 225 g/mol. The fraction of sp³-hybridized carbons (Fsp3) is 0.636. The second-order valence-electron chi connectivity index (χ2n) is 4.85. The van der Waals surface area contributed by atoms with Crippen molar-refractivity contribution in [1.82, 2.24) is 9.55 Å². The van der Waals surface area contributed by atoms with Crippen LogP contribution in [0.2, 0.25) is 0 Å². The number of aliphatic hydroxyl groups excluding tert-OH is 1. The molecule has 1 rings (SSSR count). The van der Waals surface area contributed by atoms with Crippen molar-refractivity contribution in [1.29, 1.82) is 0 Å². The summed E-state index contributed by atoms with van der Waals surface area (Å²) in [5.74, 6) is 0.276. The van der Waals surface area contributed by atoms with Gasteiger partial charge in [-0.05, 0) is 27.7 Å². The molecule has 1 aromatic rings. The van der Waals surface area contributed by atoms with Crippen molar-refractivity contribution in [3.05, 3.63) is 22.7 Å². The van der Waals surface area contributed by atoms with E-state index < -0.39 is 6.10 Å². The van der Waals surface area contributed by atoms with Gasteiger partial charge in [0.15, 0.2) is 5.82 Å². The van der Waals surface area contributed by atoms with E-state index >= 15 is 0 Å². The van der Waals surface area contributed by atoms with Crippen LogP contribution in [0.25, 0.3) is 0 Å². The molecule has 16 heavy (non-hydrogen) atoms. The maximum absolute atomic E-state index is 12.0. The number of nitrogens with one attached hydrogen (secondary N) is 1. The molecular weight excluding hydrogens is 206 g/mol. The average Bonchev–Trinajstić information content (AvgIpc) is 2.14. The van der Waals surface area contributed by atoms with Crippen molar-refractivity contribution < 1.29 is 5.11 Å². The van der Waals surface area contributed by atoms with Crippen molar-refractivity contribution in [2.24, 2.45) is 0 Å². The third-order valence-corrected chi connectivity index (χ3v) is 2.13. The minimum Gasteiger partial charge on any atom is -0.392 e. The Morgan fingerprint density at radius 3 is 2.69 bits per heavy atom. The normalized spacial score (nSPS) is 13.6. The molecule has 2 N–H and O–H groups in total. The average molecular weight is 225 g/mol. The summed E-state index contributed by atoms with van der Waals surface area (Å²) in [5.41, 5.74) is -0.447. The van der Waals surface area contributed by atoms with Gasteiger partial charge in [-0.25, -0.2) is 4.98 Å². The molecule has 1 unspecified atom stereocenters. The molecule has 0 fully saturated rings. The molecule has 0 saturated carbocycles. The highest BCUT2D eigenvalue weighted by Gasteiger charge is 2.16. The Bertz CT molecular complexity index is 404. The van der Waals surface area contributed by atoms with E-state index in [1.165, 1.54) is 0 Å². The van der Waals surface area contributed by atoms with Gasteiger partial charge in [0.2, 0.25) is 0 Å². The van der Waals surface area contributed by atoms with E-state index in [1.807, 2.05) is 20.8 Å². The lowest BCUT2D eigenvalue weighted by Crippen LogP contribution is -2.35. The van der Waals surface area contributed by atoms with Crippen LogP contribution in [-0.4, -0.2) is 27.3 Å². The van der Waals surface area contributed by atoms with Gasteiger partial charge in [0.25, 0.3) is 5.56 Å². The van der Waals surface area contributed by atoms with Crippen LogP contribution in [-0.2, 0) is 5.54 Å². The van der Waals surface area contributed by atoms with Gasteiger partial charge in [-0.15, -0.1) is 0 Å². The lowest BCUT2D eigenvalue weighted by atomic mass is 10.1. The number of rotatable bonds is 3. The first-order chi connectivity index (χ1) is 7.32. The summed E-state index contributed by atoms with van der Waals surface area (Å²) in [6.45, 7) is 7.82. The van der Waals surface area contributed by atoms with Crippen LogP contribution in [0.3, 0.4) is 0 Å². The fourth-order valence-corrected chi connectivity index (χ4v) is 1.31. The molecule has 0 bridgehead atoms. The lowest BCUT2D eigenvalue weighted by Gasteiger charge is -2.22. The zero-order valence-electron chi connectivity index (χ0n) is 10.2.